The van der Waals surface area contributed by atoms with E-state index >= 15 is 0 Å². The summed E-state index contributed by atoms with van der Waals surface area (Å²) < 4.78 is 14.3. The number of thiazole rings is 1. The van der Waals surface area contributed by atoms with Crippen molar-refractivity contribution in [3.05, 3.63) is 50.1 Å². The van der Waals surface area contributed by atoms with Crippen molar-refractivity contribution in [1.82, 2.24) is 9.88 Å². The van der Waals surface area contributed by atoms with E-state index in [0.717, 1.165) is 10.7 Å². The van der Waals surface area contributed by atoms with Crippen molar-refractivity contribution in [2.75, 3.05) is 7.05 Å². The number of aryl methyl sites for hydroxylation is 1. The van der Waals surface area contributed by atoms with Gasteiger partial charge in [-0.2, -0.15) is 0 Å². The molecule has 1 aromatic heterocycles. The van der Waals surface area contributed by atoms with Gasteiger partial charge in [0, 0.05) is 16.9 Å². The number of amides is 1. The maximum atomic E-state index is 13.7. The van der Waals surface area contributed by atoms with Gasteiger partial charge in [0.15, 0.2) is 0 Å². The lowest BCUT2D eigenvalue weighted by atomic mass is 10.2. The van der Waals surface area contributed by atoms with Crippen LogP contribution in [-0.4, -0.2) is 22.8 Å². The molecule has 0 fully saturated rings. The Morgan fingerprint density at radius 1 is 1.53 bits per heavy atom. The number of halogens is 2. The molecular weight excluding hydrogens is 331 g/mol. The van der Waals surface area contributed by atoms with Gasteiger partial charge in [-0.3, -0.25) is 4.79 Å². The van der Waals surface area contributed by atoms with Gasteiger partial charge in [-0.1, -0.05) is 15.9 Å². The average molecular weight is 343 g/mol. The molecule has 0 saturated carbocycles. The minimum Gasteiger partial charge on any atom is -0.336 e. The molecule has 0 spiro atoms. The van der Waals surface area contributed by atoms with Gasteiger partial charge in [0.1, 0.15) is 5.82 Å². The zero-order valence-corrected chi connectivity index (χ0v) is 12.9. The van der Waals surface area contributed by atoms with Crippen LogP contribution in [0.1, 0.15) is 21.1 Å². The molecule has 2 rings (SSSR count). The van der Waals surface area contributed by atoms with Crippen molar-refractivity contribution in [2.24, 2.45) is 0 Å². The van der Waals surface area contributed by atoms with Crippen LogP contribution in [0.25, 0.3) is 0 Å². The lowest BCUT2D eigenvalue weighted by molar-refractivity contribution is 0.0779. The number of rotatable bonds is 3. The molecule has 0 unspecified atom stereocenters. The van der Waals surface area contributed by atoms with Gasteiger partial charge in [-0.25, -0.2) is 9.37 Å². The van der Waals surface area contributed by atoms with Crippen LogP contribution in [0.3, 0.4) is 0 Å². The van der Waals surface area contributed by atoms with Crippen LogP contribution in [0.2, 0.25) is 0 Å². The SMILES string of the molecule is Cc1nc(CN(C)C(=O)c2ccc(Br)cc2F)cs1. The van der Waals surface area contributed by atoms with Crippen LogP contribution >= 0.6 is 27.3 Å². The van der Waals surface area contributed by atoms with Crippen molar-refractivity contribution < 1.29 is 9.18 Å². The van der Waals surface area contributed by atoms with Gasteiger partial charge in [0.2, 0.25) is 0 Å². The molecule has 0 aliphatic heterocycles. The van der Waals surface area contributed by atoms with Gasteiger partial charge < -0.3 is 4.90 Å². The van der Waals surface area contributed by atoms with Crippen LogP contribution in [0.4, 0.5) is 4.39 Å². The second kappa shape index (κ2) is 5.79. The third-order valence-electron chi connectivity index (χ3n) is 2.57. The van der Waals surface area contributed by atoms with Crippen molar-refractivity contribution in [3.8, 4) is 0 Å². The highest BCUT2D eigenvalue weighted by molar-refractivity contribution is 9.10. The van der Waals surface area contributed by atoms with Crippen molar-refractivity contribution in [2.45, 2.75) is 13.5 Å². The molecular formula is C13H12BrFN2OS. The summed E-state index contributed by atoms with van der Waals surface area (Å²) >= 11 is 4.70. The summed E-state index contributed by atoms with van der Waals surface area (Å²) in [7, 11) is 1.64. The molecule has 2 aromatic rings. The van der Waals surface area contributed by atoms with Gasteiger partial charge >= 0.3 is 0 Å². The number of nitrogens with zero attached hydrogens (tertiary/aromatic N) is 2. The molecule has 6 heteroatoms. The zero-order valence-electron chi connectivity index (χ0n) is 10.5. The summed E-state index contributed by atoms with van der Waals surface area (Å²) in [5, 5.41) is 2.85. The Bertz CT molecular complexity index is 614. The fraction of sp³-hybridized carbons (Fsp3) is 0.231. The third-order valence-corrected chi connectivity index (χ3v) is 3.89. The van der Waals surface area contributed by atoms with E-state index in [2.05, 4.69) is 20.9 Å². The first-order chi connectivity index (χ1) is 8.97. The topological polar surface area (TPSA) is 33.2 Å². The first kappa shape index (κ1) is 14.1. The lowest BCUT2D eigenvalue weighted by Gasteiger charge is -2.16. The Balaban J connectivity index is 2.14. The largest absolute Gasteiger partial charge is 0.336 e. The highest BCUT2D eigenvalue weighted by atomic mass is 79.9. The molecule has 0 aliphatic rings. The molecule has 0 aliphatic carbocycles. The molecule has 0 N–H and O–H groups in total. The van der Waals surface area contributed by atoms with Gasteiger partial charge in [-0.15, -0.1) is 11.3 Å². The molecule has 1 aromatic carbocycles. The minimum absolute atomic E-state index is 0.0673. The van der Waals surface area contributed by atoms with Crippen molar-refractivity contribution >= 4 is 33.2 Å². The predicted molar refractivity (Wildman–Crippen MR) is 76.7 cm³/mol. The van der Waals surface area contributed by atoms with Crippen LogP contribution in [0.5, 0.6) is 0 Å². The van der Waals surface area contributed by atoms with E-state index in [0.29, 0.717) is 11.0 Å². The maximum absolute atomic E-state index is 13.7. The molecule has 0 saturated heterocycles. The Morgan fingerprint density at radius 2 is 2.26 bits per heavy atom. The van der Waals surface area contributed by atoms with E-state index in [1.807, 2.05) is 12.3 Å². The van der Waals surface area contributed by atoms with Gasteiger partial charge in [0.05, 0.1) is 22.8 Å². The van der Waals surface area contributed by atoms with E-state index in [1.54, 1.807) is 13.1 Å². The normalized spacial score (nSPS) is 10.5. The Hall–Kier alpha value is -1.27. The summed E-state index contributed by atoms with van der Waals surface area (Å²) in [6.45, 7) is 2.28. The molecule has 1 heterocycles. The van der Waals surface area contributed by atoms with E-state index in [1.165, 1.54) is 28.4 Å². The van der Waals surface area contributed by atoms with Crippen LogP contribution in [0.15, 0.2) is 28.1 Å². The lowest BCUT2D eigenvalue weighted by Crippen LogP contribution is -2.27. The monoisotopic (exact) mass is 342 g/mol. The number of carbonyl (C=O) groups excluding carboxylic acids is 1. The number of carbonyl (C=O) groups is 1. The van der Waals surface area contributed by atoms with E-state index in [9.17, 15) is 9.18 Å². The molecule has 3 nitrogen and oxygen atoms in total. The van der Waals surface area contributed by atoms with Crippen LogP contribution in [0, 0.1) is 12.7 Å². The Morgan fingerprint density at radius 3 is 2.84 bits per heavy atom. The third kappa shape index (κ3) is 3.39. The summed E-state index contributed by atoms with van der Waals surface area (Å²) in [6, 6.07) is 4.41. The van der Waals surface area contributed by atoms with Crippen LogP contribution in [-0.2, 0) is 6.54 Å². The van der Waals surface area contributed by atoms with E-state index < -0.39 is 5.82 Å². The smallest absolute Gasteiger partial charge is 0.256 e. The summed E-state index contributed by atoms with van der Waals surface area (Å²) in [5.74, 6) is -0.878. The molecule has 0 bridgehead atoms. The minimum atomic E-state index is -0.527. The number of aromatic nitrogens is 1. The number of benzene rings is 1. The second-order valence-corrected chi connectivity index (χ2v) is 6.12. The first-order valence-corrected chi connectivity index (χ1v) is 7.26. The predicted octanol–water partition coefficient (Wildman–Crippen LogP) is 3.63. The highest BCUT2D eigenvalue weighted by Crippen LogP contribution is 2.17. The zero-order chi connectivity index (χ0) is 14.0. The molecule has 19 heavy (non-hydrogen) atoms. The molecule has 1 amide bonds. The fourth-order valence-corrected chi connectivity index (χ4v) is 2.60. The number of hydrogen-bond donors (Lipinski definition) is 0. The van der Waals surface area contributed by atoms with Gasteiger partial charge in [-0.05, 0) is 25.1 Å². The summed E-state index contributed by atoms with van der Waals surface area (Å²) in [5.41, 5.74) is 0.883. The van der Waals surface area contributed by atoms with Crippen molar-refractivity contribution in [3.63, 3.8) is 0 Å². The quantitative estimate of drug-likeness (QED) is 0.853. The van der Waals surface area contributed by atoms with E-state index in [4.69, 9.17) is 0 Å². The maximum Gasteiger partial charge on any atom is 0.256 e. The molecule has 100 valence electrons. The highest BCUT2D eigenvalue weighted by Gasteiger charge is 2.17. The summed E-state index contributed by atoms with van der Waals surface area (Å²) in [6.07, 6.45) is 0. The Kier molecular flexibility index (Phi) is 4.31. The molecule has 0 atom stereocenters. The average Bonchev–Trinajstić information content (AvgIpc) is 2.74. The number of hydrogen-bond acceptors (Lipinski definition) is 3. The van der Waals surface area contributed by atoms with Crippen LogP contribution < -0.4 is 0 Å². The van der Waals surface area contributed by atoms with E-state index in [-0.39, 0.29) is 11.5 Å². The second-order valence-electron chi connectivity index (χ2n) is 4.14. The molecule has 0 radical (unpaired) electrons. The van der Waals surface area contributed by atoms with Gasteiger partial charge in [0.25, 0.3) is 5.91 Å². The van der Waals surface area contributed by atoms with Crippen molar-refractivity contribution in [1.29, 1.82) is 0 Å². The standard InChI is InChI=1S/C13H12BrFN2OS/c1-8-16-10(7-19-8)6-17(2)13(18)11-4-3-9(14)5-12(11)15/h3-5,7H,6H2,1-2H3. The fourth-order valence-electron chi connectivity index (χ4n) is 1.66. The summed E-state index contributed by atoms with van der Waals surface area (Å²) in [4.78, 5) is 17.9. The first-order valence-electron chi connectivity index (χ1n) is 5.59. The Labute approximate surface area is 123 Å².